The van der Waals surface area contributed by atoms with Crippen molar-refractivity contribution >= 4 is 32.8 Å². The van der Waals surface area contributed by atoms with E-state index in [1.165, 1.54) is 7.11 Å². The third kappa shape index (κ3) is 1.61. The van der Waals surface area contributed by atoms with Crippen molar-refractivity contribution in [2.75, 3.05) is 7.11 Å². The number of ether oxygens (including phenoxy) is 1. The number of carbonyl (C=O) groups is 1. The van der Waals surface area contributed by atoms with Crippen molar-refractivity contribution in [3.63, 3.8) is 0 Å². The van der Waals surface area contributed by atoms with Gasteiger partial charge in [-0.2, -0.15) is 5.10 Å². The van der Waals surface area contributed by atoms with Crippen LogP contribution in [0.25, 0.3) is 10.9 Å². The number of fused-ring (bicyclic) bond motifs is 1. The fourth-order valence-corrected chi connectivity index (χ4v) is 2.17. The Labute approximate surface area is 101 Å². The van der Waals surface area contributed by atoms with E-state index >= 15 is 0 Å². The normalized spacial score (nSPS) is 10.8. The van der Waals surface area contributed by atoms with E-state index in [-0.39, 0.29) is 5.97 Å². The van der Waals surface area contributed by atoms with Gasteiger partial charge in [0.2, 0.25) is 0 Å². The molecule has 0 saturated carbocycles. The van der Waals surface area contributed by atoms with Crippen LogP contribution >= 0.6 is 15.9 Å². The predicted octanol–water partition coefficient (Wildman–Crippen LogP) is 2.43. The van der Waals surface area contributed by atoms with Gasteiger partial charge in [-0.15, -0.1) is 0 Å². The monoisotopic (exact) mass is 282 g/mol. The van der Waals surface area contributed by atoms with Crippen LogP contribution in [0.1, 0.15) is 16.1 Å². The maximum atomic E-state index is 11.7. The zero-order chi connectivity index (χ0) is 11.9. The van der Waals surface area contributed by atoms with Crippen LogP contribution in [0.2, 0.25) is 0 Å². The molecule has 0 fully saturated rings. The van der Waals surface area contributed by atoms with E-state index in [1.54, 1.807) is 10.7 Å². The van der Waals surface area contributed by atoms with E-state index < -0.39 is 0 Å². The molecule has 2 rings (SSSR count). The maximum absolute atomic E-state index is 11.7. The molecule has 1 heterocycles. The zero-order valence-electron chi connectivity index (χ0n) is 9.24. The lowest BCUT2D eigenvalue weighted by Gasteiger charge is -2.02. The van der Waals surface area contributed by atoms with E-state index in [0.717, 1.165) is 21.1 Å². The van der Waals surface area contributed by atoms with Crippen LogP contribution in [0, 0.1) is 6.92 Å². The summed E-state index contributed by atoms with van der Waals surface area (Å²) in [6.45, 7) is 1.93. The first kappa shape index (κ1) is 11.1. The summed E-state index contributed by atoms with van der Waals surface area (Å²) in [6.07, 6.45) is 0. The lowest BCUT2D eigenvalue weighted by Crippen LogP contribution is -2.02. The molecule has 2 aromatic rings. The highest BCUT2D eigenvalue weighted by Crippen LogP contribution is 2.26. The third-order valence-corrected chi connectivity index (χ3v) is 3.05. The summed E-state index contributed by atoms with van der Waals surface area (Å²) in [5, 5.41) is 5.17. The first-order valence-corrected chi connectivity index (χ1v) is 5.55. The SMILES string of the molecule is COC(=O)c1cc(Br)cc2nn(C)c(C)c12. The van der Waals surface area contributed by atoms with Crippen molar-refractivity contribution in [3.05, 3.63) is 27.9 Å². The summed E-state index contributed by atoms with van der Waals surface area (Å²) in [5.41, 5.74) is 2.27. The third-order valence-electron chi connectivity index (χ3n) is 2.59. The van der Waals surface area contributed by atoms with E-state index in [4.69, 9.17) is 4.74 Å². The molecule has 0 atom stereocenters. The Hall–Kier alpha value is -1.36. The molecule has 0 amide bonds. The van der Waals surface area contributed by atoms with Crippen LogP contribution < -0.4 is 0 Å². The van der Waals surface area contributed by atoms with Crippen LogP contribution in [-0.4, -0.2) is 22.9 Å². The zero-order valence-corrected chi connectivity index (χ0v) is 10.8. The number of aryl methyl sites for hydroxylation is 2. The number of rotatable bonds is 1. The number of esters is 1. The molecule has 4 nitrogen and oxygen atoms in total. The Morgan fingerprint density at radius 3 is 2.81 bits per heavy atom. The van der Waals surface area contributed by atoms with E-state index in [2.05, 4.69) is 21.0 Å². The Bertz CT molecular complexity index is 575. The second-order valence-corrected chi connectivity index (χ2v) is 4.46. The molecule has 1 aromatic heterocycles. The molecule has 0 bridgehead atoms. The molecular formula is C11H11BrN2O2. The van der Waals surface area contributed by atoms with Gasteiger partial charge >= 0.3 is 5.97 Å². The summed E-state index contributed by atoms with van der Waals surface area (Å²) < 4.78 is 7.34. The van der Waals surface area contributed by atoms with E-state index in [1.807, 2.05) is 20.0 Å². The van der Waals surface area contributed by atoms with Crippen LogP contribution in [0.4, 0.5) is 0 Å². The molecule has 0 aliphatic heterocycles. The smallest absolute Gasteiger partial charge is 0.338 e. The number of hydrogen-bond acceptors (Lipinski definition) is 3. The number of carbonyl (C=O) groups excluding carboxylic acids is 1. The predicted molar refractivity (Wildman–Crippen MR) is 64.5 cm³/mol. The highest BCUT2D eigenvalue weighted by atomic mass is 79.9. The van der Waals surface area contributed by atoms with Crippen molar-refractivity contribution in [2.24, 2.45) is 7.05 Å². The van der Waals surface area contributed by atoms with Gasteiger partial charge in [0.15, 0.2) is 0 Å². The van der Waals surface area contributed by atoms with Gasteiger partial charge in [0.05, 0.1) is 18.2 Å². The second kappa shape index (κ2) is 3.90. The molecule has 0 aliphatic carbocycles. The highest BCUT2D eigenvalue weighted by molar-refractivity contribution is 9.10. The number of halogens is 1. The van der Waals surface area contributed by atoms with Gasteiger partial charge in [-0.1, -0.05) is 15.9 Å². The maximum Gasteiger partial charge on any atom is 0.338 e. The summed E-state index contributed by atoms with van der Waals surface area (Å²) in [5.74, 6) is -0.345. The molecule has 0 spiro atoms. The standard InChI is InChI=1S/C11H11BrN2O2/c1-6-10-8(11(15)16-3)4-7(12)5-9(10)13-14(6)2/h4-5H,1-3H3. The van der Waals surface area contributed by atoms with Crippen molar-refractivity contribution in [3.8, 4) is 0 Å². The highest BCUT2D eigenvalue weighted by Gasteiger charge is 2.16. The Balaban J connectivity index is 2.85. The number of methoxy groups -OCH3 is 1. The minimum Gasteiger partial charge on any atom is -0.465 e. The molecule has 0 saturated heterocycles. The molecular weight excluding hydrogens is 272 g/mol. The van der Waals surface area contributed by atoms with Crippen molar-refractivity contribution in [1.82, 2.24) is 9.78 Å². The summed E-state index contributed by atoms with van der Waals surface area (Å²) in [7, 11) is 3.23. The Morgan fingerprint density at radius 2 is 2.19 bits per heavy atom. The summed E-state index contributed by atoms with van der Waals surface area (Å²) >= 11 is 3.36. The van der Waals surface area contributed by atoms with E-state index in [0.29, 0.717) is 5.56 Å². The second-order valence-electron chi connectivity index (χ2n) is 3.55. The van der Waals surface area contributed by atoms with Crippen molar-refractivity contribution in [2.45, 2.75) is 6.92 Å². The Morgan fingerprint density at radius 1 is 1.50 bits per heavy atom. The van der Waals surface area contributed by atoms with Gasteiger partial charge in [0.1, 0.15) is 0 Å². The molecule has 0 aliphatic rings. The number of hydrogen-bond donors (Lipinski definition) is 0. The molecule has 0 N–H and O–H groups in total. The van der Waals surface area contributed by atoms with Crippen LogP contribution in [0.5, 0.6) is 0 Å². The minimum atomic E-state index is -0.345. The molecule has 1 aromatic carbocycles. The molecule has 0 unspecified atom stereocenters. The van der Waals surface area contributed by atoms with Crippen LogP contribution in [0.15, 0.2) is 16.6 Å². The van der Waals surface area contributed by atoms with Crippen molar-refractivity contribution in [1.29, 1.82) is 0 Å². The van der Waals surface area contributed by atoms with Crippen LogP contribution in [0.3, 0.4) is 0 Å². The van der Waals surface area contributed by atoms with Gasteiger partial charge in [0.25, 0.3) is 0 Å². The van der Waals surface area contributed by atoms with Crippen molar-refractivity contribution < 1.29 is 9.53 Å². The van der Waals surface area contributed by atoms with Gasteiger partial charge in [0, 0.05) is 22.6 Å². The van der Waals surface area contributed by atoms with Gasteiger partial charge in [-0.3, -0.25) is 4.68 Å². The van der Waals surface area contributed by atoms with Crippen LogP contribution in [-0.2, 0) is 11.8 Å². The summed E-state index contributed by atoms with van der Waals surface area (Å²) in [4.78, 5) is 11.7. The molecule has 5 heteroatoms. The van der Waals surface area contributed by atoms with Gasteiger partial charge < -0.3 is 4.74 Å². The van der Waals surface area contributed by atoms with E-state index in [9.17, 15) is 4.79 Å². The largest absolute Gasteiger partial charge is 0.465 e. The summed E-state index contributed by atoms with van der Waals surface area (Å²) in [6, 6.07) is 3.64. The molecule has 16 heavy (non-hydrogen) atoms. The Kier molecular flexibility index (Phi) is 2.71. The average molecular weight is 283 g/mol. The van der Waals surface area contributed by atoms with Gasteiger partial charge in [-0.25, -0.2) is 4.79 Å². The first-order chi connectivity index (χ1) is 7.54. The molecule has 0 radical (unpaired) electrons. The number of nitrogens with zero attached hydrogens (tertiary/aromatic N) is 2. The van der Waals surface area contributed by atoms with Gasteiger partial charge in [-0.05, 0) is 19.1 Å². The topological polar surface area (TPSA) is 44.1 Å². The molecule has 84 valence electrons. The number of aromatic nitrogens is 2. The fourth-order valence-electron chi connectivity index (χ4n) is 1.72. The number of benzene rings is 1. The fraction of sp³-hybridized carbons (Fsp3) is 0.273. The quantitative estimate of drug-likeness (QED) is 0.755. The first-order valence-electron chi connectivity index (χ1n) is 4.75. The average Bonchev–Trinajstić information content (AvgIpc) is 2.52. The lowest BCUT2D eigenvalue weighted by atomic mass is 10.1. The lowest BCUT2D eigenvalue weighted by molar-refractivity contribution is 0.0603. The minimum absolute atomic E-state index is 0.345.